The number of hydrogen-bond donors (Lipinski definition) is 3. The van der Waals surface area contributed by atoms with E-state index in [9.17, 15) is 5.11 Å². The molecule has 1 aromatic rings. The molecule has 0 aromatic heterocycles. The molecule has 0 saturated carbocycles. The van der Waals surface area contributed by atoms with Crippen LogP contribution < -0.4 is 5.32 Å². The van der Waals surface area contributed by atoms with Crippen LogP contribution in [0.15, 0.2) is 18.2 Å². The lowest BCUT2D eigenvalue weighted by Gasteiger charge is -2.17. The van der Waals surface area contributed by atoms with Gasteiger partial charge < -0.3 is 15.5 Å². The Morgan fingerprint density at radius 3 is 2.19 bits per heavy atom. The quantitative estimate of drug-likeness (QED) is 0.686. The summed E-state index contributed by atoms with van der Waals surface area (Å²) in [7, 11) is 0. The molecule has 0 bridgehead atoms. The number of aliphatic hydroxyl groups excluding tert-OH is 2. The molecule has 90 valence electrons. The van der Waals surface area contributed by atoms with Gasteiger partial charge >= 0.3 is 0 Å². The Morgan fingerprint density at radius 1 is 1.19 bits per heavy atom. The van der Waals surface area contributed by atoms with Crippen molar-refractivity contribution in [3.8, 4) is 0 Å². The van der Waals surface area contributed by atoms with Crippen molar-refractivity contribution in [2.45, 2.75) is 32.8 Å². The Bertz CT molecular complexity index is 303. The largest absolute Gasteiger partial charge is 0.394 e. The van der Waals surface area contributed by atoms with Gasteiger partial charge in [0, 0.05) is 12.2 Å². The van der Waals surface area contributed by atoms with Gasteiger partial charge in [-0.15, -0.1) is 0 Å². The summed E-state index contributed by atoms with van der Waals surface area (Å²) in [5.41, 5.74) is 3.62. The Morgan fingerprint density at radius 2 is 1.75 bits per heavy atom. The summed E-state index contributed by atoms with van der Waals surface area (Å²) in [6, 6.07) is 6.24. The molecule has 0 spiro atoms. The minimum atomic E-state index is -0.699. The number of hydrogen-bond acceptors (Lipinski definition) is 3. The van der Waals surface area contributed by atoms with E-state index in [2.05, 4.69) is 37.4 Å². The van der Waals surface area contributed by atoms with E-state index in [0.29, 0.717) is 6.54 Å². The van der Waals surface area contributed by atoms with Crippen LogP contribution in [0.25, 0.3) is 0 Å². The molecule has 0 unspecified atom stereocenters. The van der Waals surface area contributed by atoms with Crippen LogP contribution in [-0.2, 0) is 12.8 Å². The molecule has 0 saturated heterocycles. The van der Waals surface area contributed by atoms with Gasteiger partial charge in [-0.3, -0.25) is 0 Å². The highest BCUT2D eigenvalue weighted by Crippen LogP contribution is 2.22. The smallest absolute Gasteiger partial charge is 0.0942 e. The van der Waals surface area contributed by atoms with Gasteiger partial charge in [0.25, 0.3) is 0 Å². The fourth-order valence-electron chi connectivity index (χ4n) is 1.75. The molecule has 0 fully saturated rings. The van der Waals surface area contributed by atoms with Crippen LogP contribution in [0.5, 0.6) is 0 Å². The average Bonchev–Trinajstić information content (AvgIpc) is 2.35. The van der Waals surface area contributed by atoms with Crippen molar-refractivity contribution in [3.05, 3.63) is 29.3 Å². The van der Waals surface area contributed by atoms with E-state index < -0.39 is 6.10 Å². The van der Waals surface area contributed by atoms with Gasteiger partial charge in [-0.1, -0.05) is 32.0 Å². The molecule has 1 aromatic carbocycles. The van der Waals surface area contributed by atoms with E-state index in [0.717, 1.165) is 18.5 Å². The first-order chi connectivity index (χ1) is 7.72. The summed E-state index contributed by atoms with van der Waals surface area (Å²) >= 11 is 0. The monoisotopic (exact) mass is 223 g/mol. The molecule has 0 radical (unpaired) electrons. The van der Waals surface area contributed by atoms with Crippen LogP contribution >= 0.6 is 0 Å². The van der Waals surface area contributed by atoms with Crippen molar-refractivity contribution < 1.29 is 10.2 Å². The van der Waals surface area contributed by atoms with E-state index in [4.69, 9.17) is 5.11 Å². The van der Waals surface area contributed by atoms with Crippen LogP contribution in [0.2, 0.25) is 0 Å². The maximum Gasteiger partial charge on any atom is 0.0942 e. The third kappa shape index (κ3) is 3.22. The average molecular weight is 223 g/mol. The fraction of sp³-hybridized carbons (Fsp3) is 0.538. The Hall–Kier alpha value is -1.06. The standard InChI is InChI=1S/C13H21NO2/c1-3-10-6-5-7-11(4-2)13(10)14-8-12(16)9-15/h5-7,12,14-16H,3-4,8-9H2,1-2H3/t12-/m0/s1. The number of nitrogens with one attached hydrogen (secondary N) is 1. The normalized spacial score (nSPS) is 12.5. The zero-order valence-electron chi connectivity index (χ0n) is 10.0. The lowest BCUT2D eigenvalue weighted by atomic mass is 10.0. The van der Waals surface area contributed by atoms with Crippen molar-refractivity contribution in [1.29, 1.82) is 0 Å². The molecule has 0 aliphatic rings. The second-order valence-corrected chi connectivity index (χ2v) is 3.88. The molecule has 0 heterocycles. The van der Waals surface area contributed by atoms with Gasteiger partial charge in [0.2, 0.25) is 0 Å². The molecule has 0 amide bonds. The van der Waals surface area contributed by atoms with E-state index >= 15 is 0 Å². The lowest BCUT2D eigenvalue weighted by Crippen LogP contribution is -2.23. The maximum atomic E-state index is 9.33. The topological polar surface area (TPSA) is 52.5 Å². The second kappa shape index (κ2) is 6.51. The highest BCUT2D eigenvalue weighted by atomic mass is 16.3. The third-order valence-corrected chi connectivity index (χ3v) is 2.72. The van der Waals surface area contributed by atoms with Gasteiger partial charge in [0.15, 0.2) is 0 Å². The minimum Gasteiger partial charge on any atom is -0.394 e. The molecule has 1 rings (SSSR count). The first kappa shape index (κ1) is 13.0. The summed E-state index contributed by atoms with van der Waals surface area (Å²) in [6.07, 6.45) is 1.23. The lowest BCUT2D eigenvalue weighted by molar-refractivity contribution is 0.105. The van der Waals surface area contributed by atoms with Crippen LogP contribution in [0.1, 0.15) is 25.0 Å². The number of aliphatic hydroxyl groups is 2. The molecule has 3 nitrogen and oxygen atoms in total. The Kier molecular flexibility index (Phi) is 5.29. The second-order valence-electron chi connectivity index (χ2n) is 3.88. The van der Waals surface area contributed by atoms with Crippen molar-refractivity contribution >= 4 is 5.69 Å². The molecule has 0 aliphatic carbocycles. The molecule has 3 N–H and O–H groups in total. The van der Waals surface area contributed by atoms with Crippen molar-refractivity contribution in [3.63, 3.8) is 0 Å². The Labute approximate surface area is 97.1 Å². The van der Waals surface area contributed by atoms with E-state index in [1.165, 1.54) is 11.1 Å². The summed E-state index contributed by atoms with van der Waals surface area (Å²) in [4.78, 5) is 0. The predicted octanol–water partition coefficient (Wildman–Crippen LogP) is 1.58. The first-order valence-electron chi connectivity index (χ1n) is 5.86. The molecule has 3 heteroatoms. The zero-order chi connectivity index (χ0) is 12.0. The number of para-hydroxylation sites is 1. The molecular weight excluding hydrogens is 202 g/mol. The van der Waals surface area contributed by atoms with Crippen molar-refractivity contribution in [2.24, 2.45) is 0 Å². The number of aryl methyl sites for hydroxylation is 2. The van der Waals surface area contributed by atoms with Gasteiger partial charge in [0.1, 0.15) is 0 Å². The summed E-state index contributed by atoms with van der Waals surface area (Å²) < 4.78 is 0. The molecular formula is C13H21NO2. The molecule has 16 heavy (non-hydrogen) atoms. The number of rotatable bonds is 6. The van der Waals surface area contributed by atoms with Crippen LogP contribution in [0.3, 0.4) is 0 Å². The fourth-order valence-corrected chi connectivity index (χ4v) is 1.75. The van der Waals surface area contributed by atoms with Gasteiger partial charge in [-0.2, -0.15) is 0 Å². The third-order valence-electron chi connectivity index (χ3n) is 2.72. The van der Waals surface area contributed by atoms with Gasteiger partial charge in [-0.25, -0.2) is 0 Å². The first-order valence-corrected chi connectivity index (χ1v) is 5.86. The number of anilines is 1. The SMILES string of the molecule is CCc1cccc(CC)c1NC[C@H](O)CO. The zero-order valence-corrected chi connectivity index (χ0v) is 10.0. The minimum absolute atomic E-state index is 0.206. The predicted molar refractivity (Wildman–Crippen MR) is 66.8 cm³/mol. The number of benzene rings is 1. The summed E-state index contributed by atoms with van der Waals surface area (Å²) in [6.45, 7) is 4.41. The van der Waals surface area contributed by atoms with Crippen LogP contribution in [-0.4, -0.2) is 29.5 Å². The summed E-state index contributed by atoms with van der Waals surface area (Å²) in [5.74, 6) is 0. The van der Waals surface area contributed by atoms with Gasteiger partial charge in [0.05, 0.1) is 12.7 Å². The highest BCUT2D eigenvalue weighted by molar-refractivity contribution is 5.57. The van der Waals surface area contributed by atoms with Crippen molar-refractivity contribution in [1.82, 2.24) is 0 Å². The van der Waals surface area contributed by atoms with E-state index in [1.807, 2.05) is 0 Å². The Balaban J connectivity index is 2.82. The van der Waals surface area contributed by atoms with E-state index in [-0.39, 0.29) is 6.61 Å². The van der Waals surface area contributed by atoms with Crippen LogP contribution in [0.4, 0.5) is 5.69 Å². The molecule has 0 aliphatic heterocycles. The van der Waals surface area contributed by atoms with Gasteiger partial charge in [-0.05, 0) is 24.0 Å². The van der Waals surface area contributed by atoms with Crippen LogP contribution in [0, 0.1) is 0 Å². The molecule has 1 atom stereocenters. The highest BCUT2D eigenvalue weighted by Gasteiger charge is 2.07. The maximum absolute atomic E-state index is 9.33. The van der Waals surface area contributed by atoms with Crippen molar-refractivity contribution in [2.75, 3.05) is 18.5 Å². The van der Waals surface area contributed by atoms with E-state index in [1.54, 1.807) is 0 Å². The summed E-state index contributed by atoms with van der Waals surface area (Å²) in [5, 5.41) is 21.3.